The summed E-state index contributed by atoms with van der Waals surface area (Å²) in [7, 11) is -4.11. The number of ether oxygens (including phenoxy) is 1. The van der Waals surface area contributed by atoms with E-state index in [1.165, 1.54) is 13.0 Å². The average molecular weight is 459 g/mol. The summed E-state index contributed by atoms with van der Waals surface area (Å²) in [5, 5.41) is 0. The third-order valence-corrected chi connectivity index (χ3v) is 6.27. The van der Waals surface area contributed by atoms with E-state index in [4.69, 9.17) is 27.9 Å². The van der Waals surface area contributed by atoms with Gasteiger partial charge in [0.1, 0.15) is 15.0 Å². The lowest BCUT2D eigenvalue weighted by Gasteiger charge is -2.14. The van der Waals surface area contributed by atoms with Crippen LogP contribution in [0.15, 0.2) is 39.7 Å². The highest BCUT2D eigenvalue weighted by Gasteiger charge is 2.26. The van der Waals surface area contributed by atoms with Crippen LogP contribution in [0.2, 0.25) is 8.67 Å². The highest BCUT2D eigenvalue weighted by molar-refractivity contribution is 9.10. The molecule has 1 atom stereocenters. The maximum Gasteiger partial charge on any atom is 0.274 e. The second kappa shape index (κ2) is 7.40. The zero-order valence-electron chi connectivity index (χ0n) is 11.5. The van der Waals surface area contributed by atoms with E-state index in [-0.39, 0.29) is 13.6 Å². The first kappa shape index (κ1) is 18.5. The third kappa shape index (κ3) is 4.84. The highest BCUT2D eigenvalue weighted by Crippen LogP contribution is 2.34. The number of carbonyl (C=O) groups excluding carboxylic acids is 1. The van der Waals surface area contributed by atoms with Gasteiger partial charge < -0.3 is 4.74 Å². The van der Waals surface area contributed by atoms with Crippen molar-refractivity contribution in [1.29, 1.82) is 0 Å². The lowest BCUT2D eigenvalue weighted by molar-refractivity contribution is -0.125. The maximum atomic E-state index is 12.1. The Bertz CT molecular complexity index is 821. The van der Waals surface area contributed by atoms with Gasteiger partial charge in [0.25, 0.3) is 15.9 Å². The Balaban J connectivity index is 2.08. The molecule has 0 radical (unpaired) electrons. The predicted octanol–water partition coefficient (Wildman–Crippen LogP) is 4.09. The standard InChI is InChI=1S/C13H10BrCl2NO4S2/c1-7(21-9-4-2-8(14)3-5-9)13(18)17-23(19,20)10-6-11(15)22-12(10)16/h2-7H,1H3,(H,17,18). The smallest absolute Gasteiger partial charge is 0.274 e. The van der Waals surface area contributed by atoms with Crippen molar-refractivity contribution in [2.24, 2.45) is 0 Å². The van der Waals surface area contributed by atoms with Crippen molar-refractivity contribution < 1.29 is 17.9 Å². The van der Waals surface area contributed by atoms with Crippen LogP contribution in [0.25, 0.3) is 0 Å². The van der Waals surface area contributed by atoms with Gasteiger partial charge in [-0.3, -0.25) is 4.79 Å². The van der Waals surface area contributed by atoms with Crippen molar-refractivity contribution in [1.82, 2.24) is 4.72 Å². The van der Waals surface area contributed by atoms with Crippen LogP contribution in [0.1, 0.15) is 6.92 Å². The highest BCUT2D eigenvalue weighted by atomic mass is 79.9. The minimum atomic E-state index is -4.11. The molecule has 10 heteroatoms. The van der Waals surface area contributed by atoms with Gasteiger partial charge in [-0.05, 0) is 37.3 Å². The normalized spacial score (nSPS) is 12.7. The molecule has 0 fully saturated rings. The van der Waals surface area contributed by atoms with Gasteiger partial charge in [-0.2, -0.15) is 0 Å². The SMILES string of the molecule is CC(Oc1ccc(Br)cc1)C(=O)NS(=O)(=O)c1cc(Cl)sc1Cl. The molecule has 0 saturated heterocycles. The Labute approximate surface area is 155 Å². The summed E-state index contributed by atoms with van der Waals surface area (Å²) in [6.07, 6.45) is -1.01. The molecule has 1 aromatic heterocycles. The average Bonchev–Trinajstić information content (AvgIpc) is 2.80. The number of rotatable bonds is 5. The van der Waals surface area contributed by atoms with Gasteiger partial charge in [0.15, 0.2) is 6.10 Å². The molecule has 2 aromatic rings. The van der Waals surface area contributed by atoms with Crippen molar-refractivity contribution >= 4 is 66.4 Å². The number of hydrogen-bond acceptors (Lipinski definition) is 5. The minimum absolute atomic E-state index is 0.0169. The molecule has 0 bridgehead atoms. The molecular formula is C13H10BrCl2NO4S2. The lowest BCUT2D eigenvalue weighted by atomic mass is 10.3. The molecule has 0 aliphatic heterocycles. The van der Waals surface area contributed by atoms with Crippen LogP contribution in [0.3, 0.4) is 0 Å². The second-order valence-electron chi connectivity index (χ2n) is 4.37. The third-order valence-electron chi connectivity index (χ3n) is 2.65. The topological polar surface area (TPSA) is 72.5 Å². The molecule has 1 unspecified atom stereocenters. The molecule has 0 aliphatic carbocycles. The molecule has 1 heterocycles. The van der Waals surface area contributed by atoms with Crippen LogP contribution in [0, 0.1) is 0 Å². The number of amides is 1. The van der Waals surface area contributed by atoms with Crippen molar-refractivity contribution in [3.8, 4) is 5.75 Å². The van der Waals surface area contributed by atoms with Gasteiger partial charge in [-0.25, -0.2) is 13.1 Å². The number of hydrogen-bond donors (Lipinski definition) is 1. The van der Waals surface area contributed by atoms with Gasteiger partial charge >= 0.3 is 0 Å². The van der Waals surface area contributed by atoms with Crippen molar-refractivity contribution in [3.05, 3.63) is 43.5 Å². The van der Waals surface area contributed by atoms with Crippen LogP contribution in [0.4, 0.5) is 0 Å². The van der Waals surface area contributed by atoms with E-state index in [1.807, 2.05) is 4.72 Å². The Morgan fingerprint density at radius 2 is 1.91 bits per heavy atom. The fourth-order valence-electron chi connectivity index (χ4n) is 1.55. The van der Waals surface area contributed by atoms with E-state index in [9.17, 15) is 13.2 Å². The summed E-state index contributed by atoms with van der Waals surface area (Å²) in [5.41, 5.74) is 0. The number of nitrogens with one attached hydrogen (secondary N) is 1. The number of thiophene rings is 1. The van der Waals surface area contributed by atoms with Crippen LogP contribution >= 0.6 is 50.5 Å². The van der Waals surface area contributed by atoms with Crippen molar-refractivity contribution in [2.75, 3.05) is 0 Å². The van der Waals surface area contributed by atoms with E-state index < -0.39 is 22.0 Å². The van der Waals surface area contributed by atoms with Crippen LogP contribution in [0.5, 0.6) is 5.75 Å². The van der Waals surface area contributed by atoms with E-state index in [0.29, 0.717) is 5.75 Å². The van der Waals surface area contributed by atoms with Crippen molar-refractivity contribution in [3.63, 3.8) is 0 Å². The molecule has 2 rings (SSSR count). The molecule has 0 aliphatic rings. The molecular weight excluding hydrogens is 449 g/mol. The van der Waals surface area contributed by atoms with E-state index >= 15 is 0 Å². The van der Waals surface area contributed by atoms with Gasteiger partial charge in [0, 0.05) is 4.47 Å². The van der Waals surface area contributed by atoms with Gasteiger partial charge in [-0.1, -0.05) is 39.1 Å². The first-order chi connectivity index (χ1) is 10.7. The van der Waals surface area contributed by atoms with Crippen LogP contribution in [-0.2, 0) is 14.8 Å². The molecule has 0 saturated carbocycles. The molecule has 1 N–H and O–H groups in total. The van der Waals surface area contributed by atoms with Gasteiger partial charge in [0.2, 0.25) is 0 Å². The summed E-state index contributed by atoms with van der Waals surface area (Å²) < 4.78 is 32.7. The molecule has 124 valence electrons. The van der Waals surface area contributed by atoms with E-state index in [1.54, 1.807) is 24.3 Å². The van der Waals surface area contributed by atoms with Gasteiger partial charge in [0.05, 0.1) is 4.34 Å². The molecule has 5 nitrogen and oxygen atoms in total. The number of halogens is 3. The number of carbonyl (C=O) groups is 1. The quantitative estimate of drug-likeness (QED) is 0.732. The van der Waals surface area contributed by atoms with Crippen LogP contribution in [-0.4, -0.2) is 20.4 Å². The number of benzene rings is 1. The maximum absolute atomic E-state index is 12.1. The van der Waals surface area contributed by atoms with Gasteiger partial charge in [-0.15, -0.1) is 11.3 Å². The zero-order chi connectivity index (χ0) is 17.2. The summed E-state index contributed by atoms with van der Waals surface area (Å²) >= 11 is 15.7. The first-order valence-electron chi connectivity index (χ1n) is 6.13. The van der Waals surface area contributed by atoms with E-state index in [0.717, 1.165) is 15.8 Å². The Morgan fingerprint density at radius 3 is 2.43 bits per heavy atom. The van der Waals surface area contributed by atoms with Crippen LogP contribution < -0.4 is 9.46 Å². The largest absolute Gasteiger partial charge is 0.481 e. The van der Waals surface area contributed by atoms with E-state index in [2.05, 4.69) is 15.9 Å². The molecule has 0 spiro atoms. The first-order valence-corrected chi connectivity index (χ1v) is 9.97. The molecule has 23 heavy (non-hydrogen) atoms. The zero-order valence-corrected chi connectivity index (χ0v) is 16.3. The Morgan fingerprint density at radius 1 is 1.30 bits per heavy atom. The fourth-order valence-corrected chi connectivity index (χ4v) is 5.01. The summed E-state index contributed by atoms with van der Waals surface area (Å²) in [4.78, 5) is 11.8. The monoisotopic (exact) mass is 457 g/mol. The molecule has 1 aromatic carbocycles. The molecule has 1 amide bonds. The second-order valence-corrected chi connectivity index (χ2v) is 9.22. The summed E-state index contributed by atoms with van der Waals surface area (Å²) in [6.45, 7) is 1.44. The summed E-state index contributed by atoms with van der Waals surface area (Å²) in [5.74, 6) is -0.379. The predicted molar refractivity (Wildman–Crippen MR) is 93.9 cm³/mol. The summed E-state index contributed by atoms with van der Waals surface area (Å²) in [6, 6.07) is 7.97. The number of sulfonamides is 1. The Kier molecular flexibility index (Phi) is 5.96. The minimum Gasteiger partial charge on any atom is -0.481 e. The fraction of sp³-hybridized carbons (Fsp3) is 0.154. The Hall–Kier alpha value is -0.800. The lowest BCUT2D eigenvalue weighted by Crippen LogP contribution is -2.39. The van der Waals surface area contributed by atoms with Crippen molar-refractivity contribution in [2.45, 2.75) is 17.9 Å².